The maximum absolute atomic E-state index is 13.0. The van der Waals surface area contributed by atoms with Crippen LogP contribution in [-0.2, 0) is 4.74 Å². The van der Waals surface area contributed by atoms with Gasteiger partial charge in [0, 0.05) is 12.6 Å². The maximum atomic E-state index is 13.0. The average Bonchev–Trinajstić information content (AvgIpc) is 2.42. The molecule has 112 valence electrons. The Balaban J connectivity index is 1.97. The van der Waals surface area contributed by atoms with Gasteiger partial charge in [-0.25, -0.2) is 4.39 Å². The lowest BCUT2D eigenvalue weighted by molar-refractivity contribution is -0.135. The summed E-state index contributed by atoms with van der Waals surface area (Å²) in [6.45, 7) is 4.26. The van der Waals surface area contributed by atoms with Gasteiger partial charge in [0.15, 0.2) is 0 Å². The van der Waals surface area contributed by atoms with Gasteiger partial charge >= 0.3 is 0 Å². The molecule has 0 amide bonds. The second kappa shape index (κ2) is 7.16. The molecule has 2 rings (SSSR count). The molecular formula is C16H24FNO2. The third-order valence-electron chi connectivity index (χ3n) is 3.99. The summed E-state index contributed by atoms with van der Waals surface area (Å²) in [5.74, 6) is -0.206. The Hall–Kier alpha value is -0.970. The van der Waals surface area contributed by atoms with Gasteiger partial charge in [-0.05, 0) is 24.1 Å². The van der Waals surface area contributed by atoms with Crippen LogP contribution < -0.4 is 5.32 Å². The lowest BCUT2D eigenvalue weighted by Crippen LogP contribution is -2.52. The number of aliphatic hydroxyl groups is 1. The lowest BCUT2D eigenvalue weighted by Gasteiger charge is -2.41. The Bertz CT molecular complexity index is 398. The Morgan fingerprint density at radius 3 is 2.55 bits per heavy atom. The summed E-state index contributed by atoms with van der Waals surface area (Å²) in [6.07, 6.45) is 3.27. The molecule has 1 saturated heterocycles. The minimum absolute atomic E-state index is 0.134. The van der Waals surface area contributed by atoms with E-state index in [2.05, 4.69) is 12.2 Å². The van der Waals surface area contributed by atoms with Gasteiger partial charge in [-0.2, -0.15) is 0 Å². The van der Waals surface area contributed by atoms with Gasteiger partial charge in [0.05, 0.1) is 25.2 Å². The summed E-state index contributed by atoms with van der Waals surface area (Å²) in [7, 11) is 0. The van der Waals surface area contributed by atoms with Crippen molar-refractivity contribution in [3.8, 4) is 0 Å². The van der Waals surface area contributed by atoms with Gasteiger partial charge in [-0.1, -0.05) is 31.9 Å². The Morgan fingerprint density at radius 2 is 2.05 bits per heavy atom. The van der Waals surface area contributed by atoms with E-state index in [0.29, 0.717) is 13.2 Å². The molecule has 1 aromatic carbocycles. The first-order chi connectivity index (χ1) is 9.69. The van der Waals surface area contributed by atoms with Crippen LogP contribution in [0.5, 0.6) is 0 Å². The van der Waals surface area contributed by atoms with Crippen molar-refractivity contribution in [3.63, 3.8) is 0 Å². The summed E-state index contributed by atoms with van der Waals surface area (Å²) in [5, 5.41) is 13.0. The Kier molecular flexibility index (Phi) is 5.52. The Morgan fingerprint density at radius 1 is 1.35 bits per heavy atom. The van der Waals surface area contributed by atoms with Crippen molar-refractivity contribution in [2.45, 2.75) is 32.2 Å². The number of hydrogen-bond acceptors (Lipinski definition) is 3. The summed E-state index contributed by atoms with van der Waals surface area (Å²) >= 11 is 0. The summed E-state index contributed by atoms with van der Waals surface area (Å²) < 4.78 is 18.2. The molecule has 1 aromatic rings. The van der Waals surface area contributed by atoms with Crippen LogP contribution in [0.25, 0.3) is 0 Å². The van der Waals surface area contributed by atoms with E-state index in [0.717, 1.165) is 31.4 Å². The van der Waals surface area contributed by atoms with Crippen molar-refractivity contribution in [1.29, 1.82) is 0 Å². The predicted molar refractivity (Wildman–Crippen MR) is 77.0 cm³/mol. The molecule has 0 saturated carbocycles. The highest BCUT2D eigenvalue weighted by Gasteiger charge is 2.38. The van der Waals surface area contributed by atoms with Crippen molar-refractivity contribution in [2.24, 2.45) is 5.41 Å². The average molecular weight is 281 g/mol. The van der Waals surface area contributed by atoms with E-state index in [4.69, 9.17) is 4.74 Å². The SMILES string of the molecule is CCCCC(NCC1(CO)COC1)c1ccc(F)cc1. The highest BCUT2D eigenvalue weighted by atomic mass is 19.1. The van der Waals surface area contributed by atoms with E-state index in [1.807, 2.05) is 12.1 Å². The monoisotopic (exact) mass is 281 g/mol. The molecule has 1 fully saturated rings. The first kappa shape index (κ1) is 15.4. The van der Waals surface area contributed by atoms with Crippen molar-refractivity contribution >= 4 is 0 Å². The molecule has 1 aliphatic rings. The van der Waals surface area contributed by atoms with Crippen LogP contribution in [0, 0.1) is 11.2 Å². The highest BCUT2D eigenvalue weighted by Crippen LogP contribution is 2.28. The number of halogens is 1. The number of hydrogen-bond donors (Lipinski definition) is 2. The van der Waals surface area contributed by atoms with Crippen LogP contribution >= 0.6 is 0 Å². The summed E-state index contributed by atoms with van der Waals surface area (Å²) in [5.41, 5.74) is 0.970. The molecule has 20 heavy (non-hydrogen) atoms. The van der Waals surface area contributed by atoms with Crippen molar-refractivity contribution in [2.75, 3.05) is 26.4 Å². The molecule has 1 atom stereocenters. The highest BCUT2D eigenvalue weighted by molar-refractivity contribution is 5.20. The first-order valence-corrected chi connectivity index (χ1v) is 7.36. The lowest BCUT2D eigenvalue weighted by atomic mass is 9.86. The largest absolute Gasteiger partial charge is 0.396 e. The second-order valence-corrected chi connectivity index (χ2v) is 5.78. The molecule has 0 aliphatic carbocycles. The van der Waals surface area contributed by atoms with E-state index in [1.165, 1.54) is 12.1 Å². The fourth-order valence-electron chi connectivity index (χ4n) is 2.47. The molecule has 4 heteroatoms. The normalized spacial score (nSPS) is 18.6. The zero-order valence-electron chi connectivity index (χ0n) is 12.1. The van der Waals surface area contributed by atoms with Crippen LogP contribution in [-0.4, -0.2) is 31.5 Å². The molecular weight excluding hydrogens is 257 g/mol. The van der Waals surface area contributed by atoms with E-state index >= 15 is 0 Å². The fourth-order valence-corrected chi connectivity index (χ4v) is 2.47. The summed E-state index contributed by atoms with van der Waals surface area (Å²) in [4.78, 5) is 0. The molecule has 0 aromatic heterocycles. The topological polar surface area (TPSA) is 41.5 Å². The number of benzene rings is 1. The van der Waals surface area contributed by atoms with Crippen LogP contribution in [0.2, 0.25) is 0 Å². The number of ether oxygens (including phenoxy) is 1. The van der Waals surface area contributed by atoms with Crippen molar-refractivity contribution in [3.05, 3.63) is 35.6 Å². The minimum Gasteiger partial charge on any atom is -0.396 e. The first-order valence-electron chi connectivity index (χ1n) is 7.36. The number of aliphatic hydroxyl groups excluding tert-OH is 1. The number of unbranched alkanes of at least 4 members (excludes halogenated alkanes) is 1. The van der Waals surface area contributed by atoms with Crippen LogP contribution in [0.3, 0.4) is 0 Å². The van der Waals surface area contributed by atoms with Crippen LogP contribution in [0.15, 0.2) is 24.3 Å². The molecule has 1 aliphatic heterocycles. The van der Waals surface area contributed by atoms with Gasteiger partial charge in [0.2, 0.25) is 0 Å². The van der Waals surface area contributed by atoms with E-state index < -0.39 is 0 Å². The quantitative estimate of drug-likeness (QED) is 0.770. The standard InChI is InChI=1S/C16H24FNO2/c1-2-3-4-15(13-5-7-14(17)8-6-13)18-9-16(10-19)11-20-12-16/h5-8,15,18-19H,2-4,9-12H2,1H3. The maximum Gasteiger partial charge on any atom is 0.123 e. The second-order valence-electron chi connectivity index (χ2n) is 5.78. The number of nitrogens with one attached hydrogen (secondary N) is 1. The molecule has 3 nitrogen and oxygen atoms in total. The van der Waals surface area contributed by atoms with Crippen LogP contribution in [0.1, 0.15) is 37.8 Å². The van der Waals surface area contributed by atoms with Crippen molar-refractivity contribution < 1.29 is 14.2 Å². The minimum atomic E-state index is -0.206. The van der Waals surface area contributed by atoms with E-state index in [1.54, 1.807) is 0 Å². The Labute approximate surface area is 120 Å². The van der Waals surface area contributed by atoms with Crippen molar-refractivity contribution in [1.82, 2.24) is 5.32 Å². The summed E-state index contributed by atoms with van der Waals surface area (Å²) in [6, 6.07) is 6.89. The molecule has 1 unspecified atom stereocenters. The van der Waals surface area contributed by atoms with Gasteiger partial charge in [-0.15, -0.1) is 0 Å². The third-order valence-corrected chi connectivity index (χ3v) is 3.99. The van der Waals surface area contributed by atoms with Crippen LogP contribution in [0.4, 0.5) is 4.39 Å². The smallest absolute Gasteiger partial charge is 0.123 e. The molecule has 0 radical (unpaired) electrons. The van der Waals surface area contributed by atoms with E-state index in [-0.39, 0.29) is 23.9 Å². The molecule has 2 N–H and O–H groups in total. The molecule has 0 bridgehead atoms. The third kappa shape index (κ3) is 3.78. The molecule has 0 spiro atoms. The fraction of sp³-hybridized carbons (Fsp3) is 0.625. The van der Waals surface area contributed by atoms with E-state index in [9.17, 15) is 9.50 Å². The molecule has 1 heterocycles. The van der Waals surface area contributed by atoms with Gasteiger partial charge in [-0.3, -0.25) is 0 Å². The van der Waals surface area contributed by atoms with Gasteiger partial charge in [0.1, 0.15) is 5.82 Å². The zero-order chi connectivity index (χ0) is 14.4. The van der Waals surface area contributed by atoms with Gasteiger partial charge < -0.3 is 15.2 Å². The zero-order valence-corrected chi connectivity index (χ0v) is 12.1. The predicted octanol–water partition coefficient (Wildman–Crippen LogP) is 2.66. The number of rotatable bonds is 8. The van der Waals surface area contributed by atoms with Gasteiger partial charge in [0.25, 0.3) is 0 Å².